The van der Waals surface area contributed by atoms with Crippen molar-refractivity contribution in [3.05, 3.63) is 24.3 Å². The third kappa shape index (κ3) is 3.02. The number of carbonyl (C=O) groups is 1. The van der Waals surface area contributed by atoms with Crippen LogP contribution in [0.25, 0.3) is 0 Å². The third-order valence-electron chi connectivity index (χ3n) is 2.71. The standard InChI is InChI=1S/C12H17NO/c14-12(13-11-7-8-11)9-6-10-4-2-1-3-5-10/h2,4,6,9-11H,1,3,5,7-8H2,(H,13,14). The van der Waals surface area contributed by atoms with Crippen molar-refractivity contribution in [1.82, 2.24) is 5.32 Å². The van der Waals surface area contributed by atoms with E-state index >= 15 is 0 Å². The fourth-order valence-corrected chi connectivity index (χ4v) is 1.69. The van der Waals surface area contributed by atoms with Gasteiger partial charge in [-0.25, -0.2) is 0 Å². The van der Waals surface area contributed by atoms with Crippen LogP contribution in [0.3, 0.4) is 0 Å². The van der Waals surface area contributed by atoms with Crippen molar-refractivity contribution < 1.29 is 4.79 Å². The van der Waals surface area contributed by atoms with Crippen LogP contribution in [0.1, 0.15) is 32.1 Å². The normalized spacial score (nSPS) is 26.7. The number of hydrogen-bond acceptors (Lipinski definition) is 1. The molecule has 0 bridgehead atoms. The minimum absolute atomic E-state index is 0.0754. The van der Waals surface area contributed by atoms with Gasteiger partial charge in [0.1, 0.15) is 0 Å². The van der Waals surface area contributed by atoms with E-state index in [9.17, 15) is 4.79 Å². The Balaban J connectivity index is 1.76. The van der Waals surface area contributed by atoms with Crippen molar-refractivity contribution in [2.45, 2.75) is 38.1 Å². The van der Waals surface area contributed by atoms with Gasteiger partial charge in [0.25, 0.3) is 0 Å². The molecule has 2 heteroatoms. The van der Waals surface area contributed by atoms with Gasteiger partial charge in [-0.15, -0.1) is 0 Å². The summed E-state index contributed by atoms with van der Waals surface area (Å²) in [6.07, 6.45) is 14.1. The summed E-state index contributed by atoms with van der Waals surface area (Å²) < 4.78 is 0. The van der Waals surface area contributed by atoms with E-state index < -0.39 is 0 Å². The van der Waals surface area contributed by atoms with Gasteiger partial charge in [-0.1, -0.05) is 18.2 Å². The molecule has 76 valence electrons. The molecule has 2 rings (SSSR count). The first kappa shape index (κ1) is 9.50. The minimum Gasteiger partial charge on any atom is -0.350 e. The molecule has 2 nitrogen and oxygen atoms in total. The van der Waals surface area contributed by atoms with Gasteiger partial charge < -0.3 is 5.32 Å². The Bertz CT molecular complexity index is 263. The predicted molar refractivity (Wildman–Crippen MR) is 56.8 cm³/mol. The van der Waals surface area contributed by atoms with E-state index in [4.69, 9.17) is 0 Å². The van der Waals surface area contributed by atoms with Crippen LogP contribution < -0.4 is 5.32 Å². The molecule has 1 N–H and O–H groups in total. The second-order valence-corrected chi connectivity index (χ2v) is 4.16. The molecule has 0 radical (unpaired) electrons. The highest BCUT2D eigenvalue weighted by Gasteiger charge is 2.22. The van der Waals surface area contributed by atoms with Crippen LogP contribution in [0.4, 0.5) is 0 Å². The molecule has 0 saturated heterocycles. The number of carbonyl (C=O) groups excluding carboxylic acids is 1. The van der Waals surface area contributed by atoms with Crippen LogP contribution in [0.2, 0.25) is 0 Å². The van der Waals surface area contributed by atoms with Gasteiger partial charge in [-0.2, -0.15) is 0 Å². The van der Waals surface area contributed by atoms with Gasteiger partial charge in [0, 0.05) is 6.04 Å². The van der Waals surface area contributed by atoms with Crippen molar-refractivity contribution in [1.29, 1.82) is 0 Å². The predicted octanol–water partition coefficient (Wildman–Crippen LogP) is 2.18. The Morgan fingerprint density at radius 3 is 2.86 bits per heavy atom. The number of rotatable bonds is 3. The van der Waals surface area contributed by atoms with E-state index in [-0.39, 0.29) is 5.91 Å². The first-order chi connectivity index (χ1) is 6.84. The molecule has 0 aliphatic heterocycles. The highest BCUT2D eigenvalue weighted by Crippen LogP contribution is 2.19. The van der Waals surface area contributed by atoms with E-state index in [1.165, 1.54) is 19.3 Å². The summed E-state index contributed by atoms with van der Waals surface area (Å²) in [7, 11) is 0. The maximum atomic E-state index is 11.3. The molecule has 1 saturated carbocycles. The zero-order valence-electron chi connectivity index (χ0n) is 8.41. The summed E-state index contributed by atoms with van der Waals surface area (Å²) in [5.41, 5.74) is 0. The van der Waals surface area contributed by atoms with Gasteiger partial charge in [0.2, 0.25) is 5.91 Å². The maximum Gasteiger partial charge on any atom is 0.243 e. The van der Waals surface area contributed by atoms with Gasteiger partial charge in [0.15, 0.2) is 0 Å². The first-order valence-electron chi connectivity index (χ1n) is 5.50. The highest BCUT2D eigenvalue weighted by atomic mass is 16.1. The van der Waals surface area contributed by atoms with Crippen molar-refractivity contribution >= 4 is 5.91 Å². The quantitative estimate of drug-likeness (QED) is 0.537. The van der Waals surface area contributed by atoms with E-state index in [1.807, 2.05) is 6.08 Å². The molecular weight excluding hydrogens is 174 g/mol. The summed E-state index contributed by atoms with van der Waals surface area (Å²) in [6.45, 7) is 0. The highest BCUT2D eigenvalue weighted by molar-refractivity contribution is 5.87. The molecule has 0 heterocycles. The second kappa shape index (κ2) is 4.45. The summed E-state index contributed by atoms with van der Waals surface area (Å²) in [6, 6.07) is 0.467. The average molecular weight is 191 g/mol. The molecule has 0 aromatic heterocycles. The Hall–Kier alpha value is -1.05. The zero-order valence-corrected chi connectivity index (χ0v) is 8.41. The lowest BCUT2D eigenvalue weighted by atomic mass is 9.95. The van der Waals surface area contributed by atoms with Crippen LogP contribution in [0.5, 0.6) is 0 Å². The molecule has 14 heavy (non-hydrogen) atoms. The maximum absolute atomic E-state index is 11.3. The average Bonchev–Trinajstić information content (AvgIpc) is 3.00. The fraction of sp³-hybridized carbons (Fsp3) is 0.583. The van der Waals surface area contributed by atoms with Crippen molar-refractivity contribution in [2.75, 3.05) is 0 Å². The summed E-state index contributed by atoms with van der Waals surface area (Å²) in [5.74, 6) is 0.556. The monoisotopic (exact) mass is 191 g/mol. The molecule has 2 aliphatic rings. The largest absolute Gasteiger partial charge is 0.350 e. The lowest BCUT2D eigenvalue weighted by Crippen LogP contribution is -2.23. The Morgan fingerprint density at radius 1 is 1.36 bits per heavy atom. The first-order valence-corrected chi connectivity index (χ1v) is 5.50. The van der Waals surface area contributed by atoms with Crippen LogP contribution >= 0.6 is 0 Å². The fourth-order valence-electron chi connectivity index (χ4n) is 1.69. The summed E-state index contributed by atoms with van der Waals surface area (Å²) in [5, 5.41) is 2.94. The van der Waals surface area contributed by atoms with Crippen molar-refractivity contribution in [3.8, 4) is 0 Å². The number of hydrogen-bond donors (Lipinski definition) is 1. The smallest absolute Gasteiger partial charge is 0.243 e. The van der Waals surface area contributed by atoms with E-state index in [1.54, 1.807) is 6.08 Å². The topological polar surface area (TPSA) is 29.1 Å². The number of allylic oxidation sites excluding steroid dienone is 3. The van der Waals surface area contributed by atoms with Crippen LogP contribution in [-0.4, -0.2) is 11.9 Å². The lowest BCUT2D eigenvalue weighted by Gasteiger charge is -2.11. The SMILES string of the molecule is O=C(C=CC1C=CCCC1)NC1CC1. The number of amides is 1. The Morgan fingerprint density at radius 2 is 2.21 bits per heavy atom. The van der Waals surface area contributed by atoms with Crippen molar-refractivity contribution in [3.63, 3.8) is 0 Å². The molecule has 1 atom stereocenters. The molecule has 0 aromatic rings. The van der Waals surface area contributed by atoms with Crippen LogP contribution in [0.15, 0.2) is 24.3 Å². The lowest BCUT2D eigenvalue weighted by molar-refractivity contribution is -0.116. The molecule has 1 amide bonds. The molecule has 0 aromatic carbocycles. The van der Waals surface area contributed by atoms with Crippen molar-refractivity contribution in [2.24, 2.45) is 5.92 Å². The molecule has 2 aliphatic carbocycles. The van der Waals surface area contributed by atoms with E-state index in [2.05, 4.69) is 17.5 Å². The second-order valence-electron chi connectivity index (χ2n) is 4.16. The Labute approximate surface area is 85.1 Å². The Kier molecular flexibility index (Phi) is 3.02. The summed E-state index contributed by atoms with van der Waals surface area (Å²) in [4.78, 5) is 11.3. The zero-order chi connectivity index (χ0) is 9.80. The van der Waals surface area contributed by atoms with E-state index in [0.29, 0.717) is 12.0 Å². The third-order valence-corrected chi connectivity index (χ3v) is 2.71. The van der Waals surface area contributed by atoms with Gasteiger partial charge in [-0.05, 0) is 44.1 Å². The molecule has 1 unspecified atom stereocenters. The number of nitrogens with one attached hydrogen (secondary N) is 1. The van der Waals surface area contributed by atoms with E-state index in [0.717, 1.165) is 12.8 Å². The van der Waals surface area contributed by atoms with Gasteiger partial charge in [0.05, 0.1) is 0 Å². The summed E-state index contributed by atoms with van der Waals surface area (Å²) >= 11 is 0. The van der Waals surface area contributed by atoms with Crippen LogP contribution in [-0.2, 0) is 4.79 Å². The minimum atomic E-state index is 0.0754. The molecule has 1 fully saturated rings. The van der Waals surface area contributed by atoms with Gasteiger partial charge in [-0.3, -0.25) is 4.79 Å². The molecule has 0 spiro atoms. The van der Waals surface area contributed by atoms with Gasteiger partial charge >= 0.3 is 0 Å². The van der Waals surface area contributed by atoms with Crippen LogP contribution in [0, 0.1) is 5.92 Å². The molecular formula is C12H17NO.